The summed E-state index contributed by atoms with van der Waals surface area (Å²) < 4.78 is 21.1. The largest absolute Gasteiger partial charge is 0.496 e. The first kappa shape index (κ1) is 25.8. The topological polar surface area (TPSA) is 112 Å². The van der Waals surface area contributed by atoms with E-state index in [-0.39, 0.29) is 16.9 Å². The number of hydrazine groups is 1. The van der Waals surface area contributed by atoms with Crippen molar-refractivity contribution in [2.75, 3.05) is 27.4 Å². The molecule has 9 nitrogen and oxygen atoms in total. The minimum atomic E-state index is -0.738. The highest BCUT2D eigenvalue weighted by molar-refractivity contribution is 6.31. The predicted molar refractivity (Wildman–Crippen MR) is 122 cm³/mol. The molecule has 0 spiro atoms. The minimum Gasteiger partial charge on any atom is -0.496 e. The third-order valence-corrected chi connectivity index (χ3v) is 4.64. The molecule has 0 aliphatic rings. The Morgan fingerprint density at radius 2 is 1.64 bits per heavy atom. The SMILES string of the molecule is COc1cc(C(=O)OCC(=O)NNC(=O)c2cc(Cl)ccc2OC)ccc1OCCC(C)C. The molecule has 0 atom stereocenters. The highest BCUT2D eigenvalue weighted by Crippen LogP contribution is 2.28. The summed E-state index contributed by atoms with van der Waals surface area (Å²) in [5.41, 5.74) is 4.69. The molecule has 0 bridgehead atoms. The van der Waals surface area contributed by atoms with Gasteiger partial charge >= 0.3 is 5.97 Å². The van der Waals surface area contributed by atoms with Crippen LogP contribution in [0.4, 0.5) is 0 Å². The maximum Gasteiger partial charge on any atom is 0.338 e. The molecule has 2 amide bonds. The van der Waals surface area contributed by atoms with Gasteiger partial charge in [0.25, 0.3) is 11.8 Å². The third kappa shape index (κ3) is 7.87. The number of rotatable bonds is 10. The third-order valence-electron chi connectivity index (χ3n) is 4.41. The van der Waals surface area contributed by atoms with Crippen molar-refractivity contribution in [1.82, 2.24) is 10.9 Å². The van der Waals surface area contributed by atoms with E-state index in [1.807, 2.05) is 0 Å². The van der Waals surface area contributed by atoms with Gasteiger partial charge in [-0.25, -0.2) is 4.79 Å². The van der Waals surface area contributed by atoms with Gasteiger partial charge in [0.15, 0.2) is 18.1 Å². The fourth-order valence-electron chi connectivity index (χ4n) is 2.62. The lowest BCUT2D eigenvalue weighted by atomic mass is 10.1. The van der Waals surface area contributed by atoms with Crippen LogP contribution >= 0.6 is 11.6 Å². The molecule has 0 heterocycles. The molecule has 0 saturated carbocycles. The van der Waals surface area contributed by atoms with Gasteiger partial charge in [0.1, 0.15) is 5.75 Å². The van der Waals surface area contributed by atoms with Crippen LogP contribution in [0.25, 0.3) is 0 Å². The molecule has 0 unspecified atom stereocenters. The Morgan fingerprint density at radius 1 is 0.939 bits per heavy atom. The predicted octanol–water partition coefficient (Wildman–Crippen LogP) is 3.40. The van der Waals surface area contributed by atoms with Gasteiger partial charge < -0.3 is 18.9 Å². The lowest BCUT2D eigenvalue weighted by molar-refractivity contribution is -0.125. The Morgan fingerprint density at radius 3 is 2.30 bits per heavy atom. The quantitative estimate of drug-likeness (QED) is 0.397. The molecule has 0 aliphatic heterocycles. The fourth-order valence-corrected chi connectivity index (χ4v) is 2.79. The molecule has 2 aromatic carbocycles. The summed E-state index contributed by atoms with van der Waals surface area (Å²) in [6, 6.07) is 9.07. The summed E-state index contributed by atoms with van der Waals surface area (Å²) in [7, 11) is 2.86. The molecular weight excluding hydrogens is 452 g/mol. The molecule has 2 aromatic rings. The molecule has 0 fully saturated rings. The number of benzene rings is 2. The second kappa shape index (κ2) is 12.5. The number of hydrogen-bond acceptors (Lipinski definition) is 7. The normalized spacial score (nSPS) is 10.4. The van der Waals surface area contributed by atoms with Crippen molar-refractivity contribution in [2.24, 2.45) is 5.92 Å². The second-order valence-corrected chi connectivity index (χ2v) is 7.76. The zero-order valence-electron chi connectivity index (χ0n) is 18.9. The summed E-state index contributed by atoms with van der Waals surface area (Å²) in [5, 5.41) is 0.327. The number of amides is 2. The number of nitrogens with one attached hydrogen (secondary N) is 2. The van der Waals surface area contributed by atoms with Gasteiger partial charge in [0, 0.05) is 5.02 Å². The minimum absolute atomic E-state index is 0.130. The number of ether oxygens (including phenoxy) is 4. The van der Waals surface area contributed by atoms with Gasteiger partial charge in [-0.15, -0.1) is 0 Å². The lowest BCUT2D eigenvalue weighted by Crippen LogP contribution is -2.43. The summed E-state index contributed by atoms with van der Waals surface area (Å²) in [4.78, 5) is 36.5. The summed E-state index contributed by atoms with van der Waals surface area (Å²) in [6.45, 7) is 4.09. The van der Waals surface area contributed by atoms with E-state index in [4.69, 9.17) is 30.5 Å². The van der Waals surface area contributed by atoms with Crippen LogP contribution in [-0.2, 0) is 9.53 Å². The standard InChI is InChI=1S/C23H27ClN2O7/c1-14(2)9-10-32-19-7-5-15(11-20(19)31-4)23(29)33-13-21(27)25-26-22(28)17-12-16(24)6-8-18(17)30-3/h5-8,11-12,14H,9-10,13H2,1-4H3,(H,25,27)(H,26,28). The van der Waals surface area contributed by atoms with Gasteiger partial charge in [0.05, 0.1) is 32.0 Å². The summed E-state index contributed by atoms with van der Waals surface area (Å²) in [6.07, 6.45) is 0.878. The van der Waals surface area contributed by atoms with Crippen LogP contribution in [0.1, 0.15) is 41.0 Å². The zero-order chi connectivity index (χ0) is 24.4. The molecule has 33 heavy (non-hydrogen) atoms. The Hall–Kier alpha value is -3.46. The van der Waals surface area contributed by atoms with Crippen molar-refractivity contribution in [3.05, 3.63) is 52.5 Å². The number of carbonyl (C=O) groups excluding carboxylic acids is 3. The van der Waals surface area contributed by atoms with Crippen molar-refractivity contribution in [1.29, 1.82) is 0 Å². The van der Waals surface area contributed by atoms with Crippen molar-refractivity contribution in [2.45, 2.75) is 20.3 Å². The molecule has 0 aromatic heterocycles. The first-order valence-electron chi connectivity index (χ1n) is 10.2. The van der Waals surface area contributed by atoms with E-state index in [9.17, 15) is 14.4 Å². The second-order valence-electron chi connectivity index (χ2n) is 7.32. The zero-order valence-corrected chi connectivity index (χ0v) is 19.7. The van der Waals surface area contributed by atoms with Crippen LogP contribution in [0, 0.1) is 5.92 Å². The average Bonchev–Trinajstić information content (AvgIpc) is 2.80. The number of carbonyl (C=O) groups is 3. The van der Waals surface area contributed by atoms with E-state index in [1.165, 1.54) is 38.5 Å². The molecule has 0 saturated heterocycles. The van der Waals surface area contributed by atoms with E-state index in [0.29, 0.717) is 29.0 Å². The van der Waals surface area contributed by atoms with Gasteiger partial charge in [-0.1, -0.05) is 25.4 Å². The van der Waals surface area contributed by atoms with E-state index >= 15 is 0 Å². The highest BCUT2D eigenvalue weighted by atomic mass is 35.5. The van der Waals surface area contributed by atoms with Crippen LogP contribution < -0.4 is 25.1 Å². The number of hydrogen-bond donors (Lipinski definition) is 2. The Balaban J connectivity index is 1.88. The van der Waals surface area contributed by atoms with E-state index < -0.39 is 24.4 Å². The van der Waals surface area contributed by atoms with Crippen molar-refractivity contribution in [3.8, 4) is 17.2 Å². The molecule has 0 aliphatic carbocycles. The molecule has 2 rings (SSSR count). The van der Waals surface area contributed by atoms with E-state index in [1.54, 1.807) is 12.1 Å². The van der Waals surface area contributed by atoms with E-state index in [2.05, 4.69) is 24.7 Å². The molecule has 2 N–H and O–H groups in total. The fraction of sp³-hybridized carbons (Fsp3) is 0.348. The number of methoxy groups -OCH3 is 2. The van der Waals surface area contributed by atoms with Gasteiger partial charge in [-0.05, 0) is 48.7 Å². The monoisotopic (exact) mass is 478 g/mol. The number of esters is 1. The molecule has 10 heteroatoms. The van der Waals surface area contributed by atoms with Crippen molar-refractivity contribution < 1.29 is 33.3 Å². The molecular formula is C23H27ClN2O7. The first-order chi connectivity index (χ1) is 15.7. The highest BCUT2D eigenvalue weighted by Gasteiger charge is 2.16. The van der Waals surface area contributed by atoms with Crippen molar-refractivity contribution >= 4 is 29.4 Å². The van der Waals surface area contributed by atoms with Crippen LogP contribution in [0.5, 0.6) is 17.2 Å². The van der Waals surface area contributed by atoms with Gasteiger partial charge in [0.2, 0.25) is 0 Å². The van der Waals surface area contributed by atoms with Crippen LogP contribution in [-0.4, -0.2) is 45.2 Å². The summed E-state index contributed by atoms with van der Waals surface area (Å²) in [5.74, 6) is -0.464. The Kier molecular flexibility index (Phi) is 9.81. The smallest absolute Gasteiger partial charge is 0.338 e. The van der Waals surface area contributed by atoms with Crippen LogP contribution in [0.2, 0.25) is 5.02 Å². The van der Waals surface area contributed by atoms with Crippen LogP contribution in [0.3, 0.4) is 0 Å². The average molecular weight is 479 g/mol. The Labute approximate surface area is 197 Å². The maximum atomic E-state index is 12.3. The number of halogens is 1. The van der Waals surface area contributed by atoms with Gasteiger partial charge in [-0.2, -0.15) is 0 Å². The van der Waals surface area contributed by atoms with Crippen molar-refractivity contribution in [3.63, 3.8) is 0 Å². The maximum absolute atomic E-state index is 12.3. The lowest BCUT2D eigenvalue weighted by Gasteiger charge is -2.13. The van der Waals surface area contributed by atoms with Gasteiger partial charge in [-0.3, -0.25) is 20.4 Å². The molecule has 178 valence electrons. The Bertz CT molecular complexity index is 995. The van der Waals surface area contributed by atoms with Crippen LogP contribution in [0.15, 0.2) is 36.4 Å². The first-order valence-corrected chi connectivity index (χ1v) is 10.5. The summed E-state index contributed by atoms with van der Waals surface area (Å²) >= 11 is 5.89. The van der Waals surface area contributed by atoms with E-state index in [0.717, 1.165) is 6.42 Å². The molecule has 0 radical (unpaired) electrons.